The molecule has 8 heteroatoms. The van der Waals surface area contributed by atoms with E-state index in [0.717, 1.165) is 6.20 Å². The van der Waals surface area contributed by atoms with Crippen molar-refractivity contribution in [3.8, 4) is 5.88 Å². The Morgan fingerprint density at radius 1 is 1.53 bits per heavy atom. The lowest BCUT2D eigenvalue weighted by molar-refractivity contribution is -0.276. The molecule has 0 atom stereocenters. The quantitative estimate of drug-likeness (QED) is 0.802. The predicted molar refractivity (Wildman–Crippen MR) is 54.4 cm³/mol. The highest BCUT2D eigenvalue weighted by molar-refractivity contribution is 14.1. The van der Waals surface area contributed by atoms with Crippen molar-refractivity contribution in [1.29, 1.82) is 0 Å². The normalized spacial score (nSPS) is 11.5. The molecule has 1 heterocycles. The first-order chi connectivity index (χ1) is 6.85. The summed E-state index contributed by atoms with van der Waals surface area (Å²) >= 11 is 1.47. The number of hydrogen-bond donors (Lipinski definition) is 2. The standard InChI is InChI=1S/C7H6F3IN2O2/c8-7(9,10)15-6-4(11)5(14)3(1-12)2-13-6/h2H,1,12H2,(H,13,14). The number of aromatic amines is 1. The third-order valence-corrected chi connectivity index (χ3v) is 2.49. The van der Waals surface area contributed by atoms with Gasteiger partial charge in [-0.15, -0.1) is 13.2 Å². The first kappa shape index (κ1) is 12.3. The van der Waals surface area contributed by atoms with E-state index in [1.54, 1.807) is 0 Å². The van der Waals surface area contributed by atoms with Gasteiger partial charge in [0.05, 0.1) is 0 Å². The molecule has 0 fully saturated rings. The fourth-order valence-corrected chi connectivity index (χ4v) is 1.48. The smallest absolute Gasteiger partial charge is 0.389 e. The lowest BCUT2D eigenvalue weighted by atomic mass is 10.3. The van der Waals surface area contributed by atoms with E-state index in [1.165, 1.54) is 22.6 Å². The molecular formula is C7H6F3IN2O2. The van der Waals surface area contributed by atoms with E-state index in [2.05, 4.69) is 9.72 Å². The molecule has 1 aromatic heterocycles. The van der Waals surface area contributed by atoms with Crippen LogP contribution in [0.15, 0.2) is 11.0 Å². The average Bonchev–Trinajstić information content (AvgIpc) is 2.11. The number of alkyl halides is 3. The highest BCUT2D eigenvalue weighted by Crippen LogP contribution is 2.23. The van der Waals surface area contributed by atoms with Gasteiger partial charge in [-0.2, -0.15) is 0 Å². The summed E-state index contributed by atoms with van der Waals surface area (Å²) in [5.41, 5.74) is 4.85. The number of ether oxygens (including phenoxy) is 1. The second kappa shape index (κ2) is 4.39. The van der Waals surface area contributed by atoms with E-state index < -0.39 is 17.7 Å². The molecule has 0 aromatic carbocycles. The molecule has 0 amide bonds. The number of nitrogens with one attached hydrogen (secondary N) is 1. The van der Waals surface area contributed by atoms with Gasteiger partial charge < -0.3 is 15.5 Å². The maximum Gasteiger partial charge on any atom is 0.574 e. The zero-order valence-corrected chi connectivity index (χ0v) is 9.35. The van der Waals surface area contributed by atoms with Crippen LogP contribution in [0.5, 0.6) is 5.88 Å². The Kier molecular flexibility index (Phi) is 3.60. The largest absolute Gasteiger partial charge is 0.574 e. The summed E-state index contributed by atoms with van der Waals surface area (Å²) in [6, 6.07) is 0. The van der Waals surface area contributed by atoms with Crippen LogP contribution in [0, 0.1) is 3.57 Å². The second-order valence-corrected chi connectivity index (χ2v) is 3.62. The number of pyridine rings is 1. The van der Waals surface area contributed by atoms with E-state index in [1.807, 2.05) is 0 Å². The van der Waals surface area contributed by atoms with Gasteiger partial charge in [0.1, 0.15) is 3.57 Å². The van der Waals surface area contributed by atoms with Crippen molar-refractivity contribution in [2.45, 2.75) is 12.9 Å². The summed E-state index contributed by atoms with van der Waals surface area (Å²) in [4.78, 5) is 13.6. The number of halogens is 4. The Hall–Kier alpha value is -0.770. The second-order valence-electron chi connectivity index (χ2n) is 2.54. The van der Waals surface area contributed by atoms with Crippen LogP contribution in [-0.2, 0) is 6.54 Å². The highest BCUT2D eigenvalue weighted by atomic mass is 127. The third kappa shape index (κ3) is 3.09. The maximum atomic E-state index is 11.9. The first-order valence-corrected chi connectivity index (χ1v) is 4.79. The number of H-pyrrole nitrogens is 1. The van der Waals surface area contributed by atoms with Crippen LogP contribution in [0.25, 0.3) is 0 Å². The van der Waals surface area contributed by atoms with Crippen molar-refractivity contribution in [2.24, 2.45) is 5.73 Å². The zero-order valence-electron chi connectivity index (χ0n) is 7.19. The molecule has 4 nitrogen and oxygen atoms in total. The lowest BCUT2D eigenvalue weighted by Gasteiger charge is -2.10. The molecule has 0 bridgehead atoms. The molecule has 0 unspecified atom stereocenters. The summed E-state index contributed by atoms with van der Waals surface area (Å²) < 4.78 is 39.0. The lowest BCUT2D eigenvalue weighted by Crippen LogP contribution is -2.23. The number of rotatable bonds is 2. The van der Waals surface area contributed by atoms with Gasteiger partial charge >= 0.3 is 6.36 Å². The number of hydrogen-bond acceptors (Lipinski definition) is 3. The molecule has 0 aliphatic rings. The van der Waals surface area contributed by atoms with Gasteiger partial charge in [-0.05, 0) is 22.6 Å². The van der Waals surface area contributed by atoms with Crippen LogP contribution in [0.1, 0.15) is 5.56 Å². The van der Waals surface area contributed by atoms with Crippen LogP contribution >= 0.6 is 22.6 Å². The fourth-order valence-electron chi connectivity index (χ4n) is 0.867. The van der Waals surface area contributed by atoms with Gasteiger partial charge in [0.2, 0.25) is 11.3 Å². The molecule has 0 saturated carbocycles. The predicted octanol–water partition coefficient (Wildman–Crippen LogP) is 1.34. The summed E-state index contributed by atoms with van der Waals surface area (Å²) in [6.45, 7) is -0.0440. The van der Waals surface area contributed by atoms with Gasteiger partial charge in [0.25, 0.3) is 0 Å². The maximum absolute atomic E-state index is 11.9. The van der Waals surface area contributed by atoms with Crippen molar-refractivity contribution in [3.05, 3.63) is 25.6 Å². The Morgan fingerprint density at radius 3 is 2.60 bits per heavy atom. The molecule has 1 rings (SSSR count). The molecule has 15 heavy (non-hydrogen) atoms. The van der Waals surface area contributed by atoms with E-state index in [4.69, 9.17) is 5.73 Å². The van der Waals surface area contributed by atoms with E-state index in [0.29, 0.717) is 0 Å². The van der Waals surface area contributed by atoms with Crippen molar-refractivity contribution < 1.29 is 17.9 Å². The first-order valence-electron chi connectivity index (χ1n) is 3.71. The minimum Gasteiger partial charge on any atom is -0.389 e. The highest BCUT2D eigenvalue weighted by Gasteiger charge is 2.32. The number of nitrogens with two attached hydrogens (primary N) is 1. The molecule has 0 spiro atoms. The SMILES string of the molecule is NCc1c[nH]c(OC(F)(F)F)c(I)c1=O. The topological polar surface area (TPSA) is 68.1 Å². The van der Waals surface area contributed by atoms with Crippen molar-refractivity contribution in [2.75, 3.05) is 0 Å². The Bertz CT molecular complexity index is 416. The molecule has 0 aliphatic carbocycles. The fraction of sp³-hybridized carbons (Fsp3) is 0.286. The van der Waals surface area contributed by atoms with E-state index in [-0.39, 0.29) is 15.7 Å². The van der Waals surface area contributed by atoms with Gasteiger partial charge in [0.15, 0.2) is 0 Å². The Morgan fingerprint density at radius 2 is 2.13 bits per heavy atom. The summed E-state index contributed by atoms with van der Waals surface area (Å²) in [6.07, 6.45) is -3.72. The Balaban J connectivity index is 3.13. The number of aromatic nitrogens is 1. The minimum atomic E-state index is -4.83. The van der Waals surface area contributed by atoms with Crippen molar-refractivity contribution in [1.82, 2.24) is 4.98 Å². The molecule has 1 aromatic rings. The van der Waals surface area contributed by atoms with Gasteiger partial charge in [0, 0.05) is 18.3 Å². The molecular weight excluding hydrogens is 328 g/mol. The van der Waals surface area contributed by atoms with Crippen LogP contribution < -0.4 is 15.9 Å². The van der Waals surface area contributed by atoms with Gasteiger partial charge in [-0.1, -0.05) is 0 Å². The Labute approximate surface area is 95.8 Å². The van der Waals surface area contributed by atoms with Crippen LogP contribution in [0.2, 0.25) is 0 Å². The summed E-state index contributed by atoms with van der Waals surface area (Å²) in [5.74, 6) is -0.620. The van der Waals surface area contributed by atoms with Crippen molar-refractivity contribution in [3.63, 3.8) is 0 Å². The molecule has 0 aliphatic heterocycles. The summed E-state index contributed by atoms with van der Waals surface area (Å²) in [7, 11) is 0. The van der Waals surface area contributed by atoms with Gasteiger partial charge in [-0.25, -0.2) is 0 Å². The average molecular weight is 334 g/mol. The molecule has 3 N–H and O–H groups in total. The molecule has 0 radical (unpaired) electrons. The molecule has 84 valence electrons. The minimum absolute atomic E-state index is 0.0440. The van der Waals surface area contributed by atoms with Crippen LogP contribution in [0.3, 0.4) is 0 Å². The summed E-state index contributed by atoms with van der Waals surface area (Å²) in [5, 5.41) is 0. The van der Waals surface area contributed by atoms with E-state index in [9.17, 15) is 18.0 Å². The van der Waals surface area contributed by atoms with Crippen molar-refractivity contribution >= 4 is 22.6 Å². The molecule has 0 saturated heterocycles. The zero-order chi connectivity index (χ0) is 11.6. The van der Waals surface area contributed by atoms with E-state index >= 15 is 0 Å². The third-order valence-electron chi connectivity index (χ3n) is 1.51. The van der Waals surface area contributed by atoms with Crippen LogP contribution in [-0.4, -0.2) is 11.3 Å². The van der Waals surface area contributed by atoms with Gasteiger partial charge in [-0.3, -0.25) is 4.79 Å². The monoisotopic (exact) mass is 334 g/mol. The van der Waals surface area contributed by atoms with Crippen LogP contribution in [0.4, 0.5) is 13.2 Å².